The van der Waals surface area contributed by atoms with E-state index in [-0.39, 0.29) is 0 Å². The summed E-state index contributed by atoms with van der Waals surface area (Å²) in [6, 6.07) is 0.515. The zero-order valence-electron chi connectivity index (χ0n) is 11.8. The number of rotatable bonds is 2. The highest BCUT2D eigenvalue weighted by Gasteiger charge is 2.31. The number of nitrogens with zero attached hydrogens (tertiary/aromatic N) is 3. The van der Waals surface area contributed by atoms with Crippen molar-refractivity contribution in [1.29, 1.82) is 0 Å². The van der Waals surface area contributed by atoms with E-state index < -0.39 is 0 Å². The second-order valence-corrected chi connectivity index (χ2v) is 5.63. The highest BCUT2D eigenvalue weighted by molar-refractivity contribution is 5.57. The van der Waals surface area contributed by atoms with Crippen LogP contribution >= 0.6 is 0 Å². The quantitative estimate of drug-likeness (QED) is 0.873. The minimum atomic E-state index is 0.515. The van der Waals surface area contributed by atoms with Gasteiger partial charge in [-0.25, -0.2) is 9.97 Å². The van der Waals surface area contributed by atoms with E-state index in [4.69, 9.17) is 5.73 Å². The minimum Gasteiger partial charge on any atom is -0.383 e. The third-order valence-electron chi connectivity index (χ3n) is 4.18. The smallest absolute Gasteiger partial charge is 0.137 e. The third-order valence-corrected chi connectivity index (χ3v) is 4.18. The zero-order valence-corrected chi connectivity index (χ0v) is 11.8. The maximum absolute atomic E-state index is 5.98. The maximum atomic E-state index is 5.98. The van der Waals surface area contributed by atoms with Crippen molar-refractivity contribution in [1.82, 2.24) is 9.97 Å². The van der Waals surface area contributed by atoms with Gasteiger partial charge < -0.3 is 10.6 Å². The monoisotopic (exact) mass is 248 g/mol. The highest BCUT2D eigenvalue weighted by Crippen LogP contribution is 2.33. The van der Waals surface area contributed by atoms with E-state index in [1.165, 1.54) is 6.42 Å². The van der Waals surface area contributed by atoms with Gasteiger partial charge in [-0.15, -0.1) is 0 Å². The summed E-state index contributed by atoms with van der Waals surface area (Å²) in [7, 11) is 0. The molecular weight excluding hydrogens is 224 g/mol. The van der Waals surface area contributed by atoms with Crippen LogP contribution in [-0.4, -0.2) is 22.6 Å². The van der Waals surface area contributed by atoms with Crippen LogP contribution in [0, 0.1) is 11.8 Å². The molecule has 0 spiro atoms. The summed E-state index contributed by atoms with van der Waals surface area (Å²) in [5.41, 5.74) is 7.06. The van der Waals surface area contributed by atoms with Gasteiger partial charge in [0.15, 0.2) is 0 Å². The molecular formula is C14H24N4. The molecule has 1 fully saturated rings. The Hall–Kier alpha value is -1.32. The lowest BCUT2D eigenvalue weighted by Gasteiger charge is -2.42. The van der Waals surface area contributed by atoms with Crippen LogP contribution in [0.5, 0.6) is 0 Å². The van der Waals surface area contributed by atoms with Crippen LogP contribution < -0.4 is 10.6 Å². The van der Waals surface area contributed by atoms with E-state index in [1.807, 2.05) is 0 Å². The fourth-order valence-electron chi connectivity index (χ4n) is 3.00. The third kappa shape index (κ3) is 2.28. The molecule has 0 radical (unpaired) electrons. The van der Waals surface area contributed by atoms with Crippen molar-refractivity contribution >= 4 is 11.6 Å². The van der Waals surface area contributed by atoms with Crippen molar-refractivity contribution in [2.24, 2.45) is 11.8 Å². The first kappa shape index (κ1) is 13.1. The predicted octanol–water partition coefficient (Wildman–Crippen LogP) is 2.49. The van der Waals surface area contributed by atoms with Gasteiger partial charge in [0.25, 0.3) is 0 Å². The Labute approximate surface area is 110 Å². The Morgan fingerprint density at radius 2 is 2.06 bits per heavy atom. The van der Waals surface area contributed by atoms with Crippen LogP contribution in [0.3, 0.4) is 0 Å². The van der Waals surface area contributed by atoms with Gasteiger partial charge in [0.2, 0.25) is 0 Å². The summed E-state index contributed by atoms with van der Waals surface area (Å²) in [4.78, 5) is 11.0. The van der Waals surface area contributed by atoms with E-state index in [0.29, 0.717) is 23.7 Å². The first-order chi connectivity index (χ1) is 8.54. The largest absolute Gasteiger partial charge is 0.383 e. The molecule has 0 aromatic carbocycles. The SMILES string of the molecule is CCc1c(N)ncnc1N1CC(C)CC(C)C1C. The standard InChI is InChI=1S/C14H24N4/c1-5-12-13(15)16-8-17-14(12)18-7-9(2)6-10(3)11(18)4/h8-11H,5-7H2,1-4H3,(H2,15,16,17). The van der Waals surface area contributed by atoms with Crippen LogP contribution in [0.15, 0.2) is 6.33 Å². The molecule has 18 heavy (non-hydrogen) atoms. The van der Waals surface area contributed by atoms with Gasteiger partial charge in [-0.1, -0.05) is 20.8 Å². The molecule has 2 rings (SSSR count). The Morgan fingerprint density at radius 3 is 2.72 bits per heavy atom. The molecule has 1 aliphatic heterocycles. The lowest BCUT2D eigenvalue weighted by atomic mass is 9.86. The first-order valence-corrected chi connectivity index (χ1v) is 6.90. The molecule has 1 aromatic rings. The predicted molar refractivity (Wildman–Crippen MR) is 75.6 cm³/mol. The molecule has 100 valence electrons. The summed E-state index contributed by atoms with van der Waals surface area (Å²) in [6.07, 6.45) is 3.76. The summed E-state index contributed by atoms with van der Waals surface area (Å²) in [6.45, 7) is 10.1. The number of nitrogen functional groups attached to an aromatic ring is 1. The molecule has 3 unspecified atom stereocenters. The summed E-state index contributed by atoms with van der Waals surface area (Å²) >= 11 is 0. The topological polar surface area (TPSA) is 55.0 Å². The molecule has 4 heteroatoms. The number of hydrogen-bond donors (Lipinski definition) is 1. The van der Waals surface area contributed by atoms with Gasteiger partial charge in [0, 0.05) is 18.2 Å². The van der Waals surface area contributed by atoms with Gasteiger partial charge in [-0.05, 0) is 31.6 Å². The number of aromatic nitrogens is 2. The van der Waals surface area contributed by atoms with Gasteiger partial charge in [-0.3, -0.25) is 0 Å². The van der Waals surface area contributed by atoms with E-state index in [9.17, 15) is 0 Å². The van der Waals surface area contributed by atoms with Crippen LogP contribution in [0.4, 0.5) is 11.6 Å². The molecule has 0 amide bonds. The molecule has 0 aliphatic carbocycles. The van der Waals surface area contributed by atoms with Crippen molar-refractivity contribution < 1.29 is 0 Å². The van der Waals surface area contributed by atoms with E-state index in [2.05, 4.69) is 42.6 Å². The van der Waals surface area contributed by atoms with Crippen molar-refractivity contribution in [2.45, 2.75) is 46.6 Å². The summed E-state index contributed by atoms with van der Waals surface area (Å²) < 4.78 is 0. The van der Waals surface area contributed by atoms with Crippen molar-refractivity contribution in [3.63, 3.8) is 0 Å². The molecule has 4 nitrogen and oxygen atoms in total. The summed E-state index contributed by atoms with van der Waals surface area (Å²) in [5.74, 6) is 3.06. The van der Waals surface area contributed by atoms with Gasteiger partial charge in [-0.2, -0.15) is 0 Å². The molecule has 1 saturated heterocycles. The van der Waals surface area contributed by atoms with Gasteiger partial charge in [0.05, 0.1) is 0 Å². The van der Waals surface area contributed by atoms with Crippen LogP contribution in [0.2, 0.25) is 0 Å². The molecule has 2 N–H and O–H groups in total. The zero-order chi connectivity index (χ0) is 13.3. The van der Waals surface area contributed by atoms with Crippen LogP contribution in [0.25, 0.3) is 0 Å². The molecule has 3 atom stereocenters. The molecule has 1 aromatic heterocycles. The van der Waals surface area contributed by atoms with Gasteiger partial charge in [0.1, 0.15) is 18.0 Å². The Kier molecular flexibility index (Phi) is 3.73. The van der Waals surface area contributed by atoms with Gasteiger partial charge >= 0.3 is 0 Å². The lowest BCUT2D eigenvalue weighted by Crippen LogP contribution is -2.46. The number of nitrogens with two attached hydrogens (primary N) is 1. The normalized spacial score (nSPS) is 28.4. The molecule has 0 saturated carbocycles. The van der Waals surface area contributed by atoms with E-state index in [1.54, 1.807) is 6.33 Å². The van der Waals surface area contributed by atoms with E-state index >= 15 is 0 Å². The average molecular weight is 248 g/mol. The Balaban J connectivity index is 2.38. The second kappa shape index (κ2) is 5.12. The molecule has 2 heterocycles. The molecule has 0 bridgehead atoms. The Morgan fingerprint density at radius 1 is 1.33 bits per heavy atom. The van der Waals surface area contributed by atoms with E-state index in [0.717, 1.165) is 24.3 Å². The Bertz CT molecular complexity index is 418. The number of anilines is 2. The summed E-state index contributed by atoms with van der Waals surface area (Å²) in [5, 5.41) is 0. The number of hydrogen-bond acceptors (Lipinski definition) is 4. The first-order valence-electron chi connectivity index (χ1n) is 6.90. The number of piperidine rings is 1. The fourth-order valence-corrected chi connectivity index (χ4v) is 3.00. The highest BCUT2D eigenvalue weighted by atomic mass is 15.2. The van der Waals surface area contributed by atoms with Crippen molar-refractivity contribution in [3.05, 3.63) is 11.9 Å². The lowest BCUT2D eigenvalue weighted by molar-refractivity contribution is 0.295. The average Bonchev–Trinajstić information content (AvgIpc) is 2.33. The maximum Gasteiger partial charge on any atom is 0.137 e. The fraction of sp³-hybridized carbons (Fsp3) is 0.714. The molecule has 1 aliphatic rings. The second-order valence-electron chi connectivity index (χ2n) is 5.63. The van der Waals surface area contributed by atoms with Crippen molar-refractivity contribution in [3.8, 4) is 0 Å². The van der Waals surface area contributed by atoms with Crippen LogP contribution in [-0.2, 0) is 6.42 Å². The van der Waals surface area contributed by atoms with Crippen LogP contribution in [0.1, 0.15) is 39.7 Å². The van der Waals surface area contributed by atoms with Crippen molar-refractivity contribution in [2.75, 3.05) is 17.2 Å². The minimum absolute atomic E-state index is 0.515.